The molecule has 2 unspecified atom stereocenters. The van der Waals surface area contributed by atoms with Gasteiger partial charge in [-0.2, -0.15) is 0 Å². The zero-order valence-electron chi connectivity index (χ0n) is 4.45. The zero-order valence-corrected chi connectivity index (χ0v) is 4.45. The molecule has 2 atom stereocenters. The molecule has 0 aromatic heterocycles. The summed E-state index contributed by atoms with van der Waals surface area (Å²) in [6.07, 6.45) is 0.00810. The van der Waals surface area contributed by atoms with Gasteiger partial charge in [0.15, 0.2) is 0 Å². The van der Waals surface area contributed by atoms with Gasteiger partial charge in [-0.1, -0.05) is 19.1 Å². The Kier molecular flexibility index (Phi) is 0.911. The third kappa shape index (κ3) is 0.561. The molecule has 0 amide bonds. The summed E-state index contributed by atoms with van der Waals surface area (Å²) in [5, 5.41) is 0. The Labute approximate surface area is 43.0 Å². The molecule has 0 aromatic carbocycles. The molecule has 0 saturated heterocycles. The lowest BCUT2D eigenvalue weighted by Gasteiger charge is -2.29. The second-order valence-corrected chi connectivity index (χ2v) is 2.17. The highest BCUT2D eigenvalue weighted by atomic mass is 19.1. The second kappa shape index (κ2) is 1.32. The molecule has 0 radical (unpaired) electrons. The maximum atomic E-state index is 12.1. The van der Waals surface area contributed by atoms with Crippen molar-refractivity contribution in [1.82, 2.24) is 0 Å². The molecule has 1 saturated carbocycles. The molecule has 0 heterocycles. The number of allylic oxidation sites excluding steroid dienone is 1. The molecule has 1 rings (SSSR count). The predicted octanol–water partition coefficient (Wildman–Crippen LogP) is 1.92. The van der Waals surface area contributed by atoms with E-state index in [4.69, 9.17) is 0 Å². The molecule has 40 valence electrons. The van der Waals surface area contributed by atoms with E-state index in [1.165, 1.54) is 0 Å². The molecule has 7 heavy (non-hydrogen) atoms. The van der Waals surface area contributed by atoms with Crippen LogP contribution in [0, 0.1) is 5.92 Å². The summed E-state index contributed by atoms with van der Waals surface area (Å²) in [6, 6.07) is 0. The van der Waals surface area contributed by atoms with E-state index >= 15 is 0 Å². The van der Waals surface area contributed by atoms with Crippen molar-refractivity contribution in [1.29, 1.82) is 0 Å². The molecule has 1 aliphatic carbocycles. The molecule has 1 aliphatic rings. The average molecular weight is 100 g/mol. The Morgan fingerprint density at radius 1 is 1.86 bits per heavy atom. The smallest absolute Gasteiger partial charge is 0.110 e. The van der Waals surface area contributed by atoms with Crippen LogP contribution in [0.15, 0.2) is 12.2 Å². The molecule has 0 aliphatic heterocycles. The van der Waals surface area contributed by atoms with Crippen LogP contribution >= 0.6 is 0 Å². The maximum absolute atomic E-state index is 12.1. The largest absolute Gasteiger partial charge is 0.246 e. The highest BCUT2D eigenvalue weighted by Crippen LogP contribution is 2.34. The maximum Gasteiger partial charge on any atom is 0.110 e. The van der Waals surface area contributed by atoms with Gasteiger partial charge in [0.2, 0.25) is 0 Å². The van der Waals surface area contributed by atoms with Crippen LogP contribution in [0.5, 0.6) is 0 Å². The summed E-state index contributed by atoms with van der Waals surface area (Å²) < 4.78 is 12.1. The summed E-state index contributed by atoms with van der Waals surface area (Å²) in [5.74, 6) is 0.139. The van der Waals surface area contributed by atoms with Gasteiger partial charge in [0.05, 0.1) is 0 Å². The first-order valence-corrected chi connectivity index (χ1v) is 2.53. The fourth-order valence-electron chi connectivity index (χ4n) is 0.708. The molecular weight excluding hydrogens is 91.1 g/mol. The van der Waals surface area contributed by atoms with Gasteiger partial charge in [0.25, 0.3) is 0 Å². The van der Waals surface area contributed by atoms with Crippen LogP contribution in [0.25, 0.3) is 0 Å². The van der Waals surface area contributed by atoms with Crippen molar-refractivity contribution < 1.29 is 4.39 Å². The lowest BCUT2D eigenvalue weighted by molar-refractivity contribution is 0.198. The van der Waals surface area contributed by atoms with E-state index in [1.54, 1.807) is 0 Å². The average Bonchev–Trinajstić information content (AvgIpc) is 1.68. The highest BCUT2D eigenvalue weighted by molar-refractivity contribution is 5.13. The van der Waals surface area contributed by atoms with Crippen LogP contribution in [-0.4, -0.2) is 6.17 Å². The van der Waals surface area contributed by atoms with Crippen molar-refractivity contribution in [3.05, 3.63) is 12.2 Å². The van der Waals surface area contributed by atoms with E-state index in [-0.39, 0.29) is 5.92 Å². The lowest BCUT2D eigenvalue weighted by atomic mass is 9.80. The Bertz CT molecular complexity index is 96.4. The SMILES string of the molecule is C=C1CC(F)C1C. The van der Waals surface area contributed by atoms with Crippen molar-refractivity contribution in [2.24, 2.45) is 5.92 Å². The van der Waals surface area contributed by atoms with Crippen molar-refractivity contribution in [2.45, 2.75) is 19.5 Å². The fraction of sp³-hybridized carbons (Fsp3) is 0.667. The van der Waals surface area contributed by atoms with Crippen LogP contribution in [0.1, 0.15) is 13.3 Å². The third-order valence-electron chi connectivity index (χ3n) is 1.64. The van der Waals surface area contributed by atoms with Gasteiger partial charge in [0, 0.05) is 12.3 Å². The van der Waals surface area contributed by atoms with Crippen LogP contribution in [-0.2, 0) is 0 Å². The zero-order chi connectivity index (χ0) is 5.44. The van der Waals surface area contributed by atoms with Gasteiger partial charge < -0.3 is 0 Å². The van der Waals surface area contributed by atoms with Gasteiger partial charge >= 0.3 is 0 Å². The molecular formula is C6H9F. The fourth-order valence-corrected chi connectivity index (χ4v) is 0.708. The Morgan fingerprint density at radius 3 is 2.43 bits per heavy atom. The number of alkyl halides is 1. The van der Waals surface area contributed by atoms with Gasteiger partial charge in [-0.15, -0.1) is 0 Å². The highest BCUT2D eigenvalue weighted by Gasteiger charge is 2.29. The van der Waals surface area contributed by atoms with Crippen LogP contribution in [0.4, 0.5) is 4.39 Å². The minimum atomic E-state index is -0.590. The third-order valence-corrected chi connectivity index (χ3v) is 1.64. The topological polar surface area (TPSA) is 0 Å². The first-order chi connectivity index (χ1) is 3.22. The van der Waals surface area contributed by atoms with Gasteiger partial charge in [0.1, 0.15) is 6.17 Å². The van der Waals surface area contributed by atoms with Crippen LogP contribution in [0.2, 0.25) is 0 Å². The first kappa shape index (κ1) is 4.82. The molecule has 1 fully saturated rings. The standard InChI is InChI=1S/C6H9F/c1-4-3-6(7)5(4)2/h5-6H,1,3H2,2H3. The number of hydrogen-bond donors (Lipinski definition) is 0. The van der Waals surface area contributed by atoms with Crippen molar-refractivity contribution >= 4 is 0 Å². The summed E-state index contributed by atoms with van der Waals surface area (Å²) in [5.41, 5.74) is 1.06. The molecule has 0 bridgehead atoms. The van der Waals surface area contributed by atoms with E-state index in [2.05, 4.69) is 6.58 Å². The van der Waals surface area contributed by atoms with Gasteiger partial charge in [-0.25, -0.2) is 4.39 Å². The minimum absolute atomic E-state index is 0.139. The van der Waals surface area contributed by atoms with Gasteiger partial charge in [-0.3, -0.25) is 0 Å². The summed E-state index contributed by atoms with van der Waals surface area (Å²) in [6.45, 7) is 5.52. The normalized spacial score (nSPS) is 40.6. The van der Waals surface area contributed by atoms with Crippen molar-refractivity contribution in [2.75, 3.05) is 0 Å². The van der Waals surface area contributed by atoms with E-state index in [1.807, 2.05) is 6.92 Å². The van der Waals surface area contributed by atoms with Crippen LogP contribution in [0.3, 0.4) is 0 Å². The minimum Gasteiger partial charge on any atom is -0.246 e. The van der Waals surface area contributed by atoms with E-state index in [9.17, 15) is 4.39 Å². The Hall–Kier alpha value is -0.330. The second-order valence-electron chi connectivity index (χ2n) is 2.17. The summed E-state index contributed by atoms with van der Waals surface area (Å²) in [7, 11) is 0. The van der Waals surface area contributed by atoms with E-state index in [0.29, 0.717) is 6.42 Å². The number of halogens is 1. The van der Waals surface area contributed by atoms with Crippen molar-refractivity contribution in [3.63, 3.8) is 0 Å². The Morgan fingerprint density at radius 2 is 2.43 bits per heavy atom. The van der Waals surface area contributed by atoms with Crippen LogP contribution < -0.4 is 0 Å². The summed E-state index contributed by atoms with van der Waals surface area (Å²) in [4.78, 5) is 0. The molecule has 0 nitrogen and oxygen atoms in total. The first-order valence-electron chi connectivity index (χ1n) is 2.53. The van der Waals surface area contributed by atoms with Gasteiger partial charge in [-0.05, 0) is 0 Å². The quantitative estimate of drug-likeness (QED) is 0.408. The van der Waals surface area contributed by atoms with E-state index < -0.39 is 6.17 Å². The lowest BCUT2D eigenvalue weighted by Crippen LogP contribution is -2.26. The number of rotatable bonds is 0. The molecule has 0 aromatic rings. The predicted molar refractivity (Wildman–Crippen MR) is 27.8 cm³/mol. The summed E-state index contributed by atoms with van der Waals surface area (Å²) >= 11 is 0. The van der Waals surface area contributed by atoms with E-state index in [0.717, 1.165) is 5.57 Å². The molecule has 0 spiro atoms. The number of hydrogen-bond acceptors (Lipinski definition) is 0. The Balaban J connectivity index is 2.43. The van der Waals surface area contributed by atoms with Crippen molar-refractivity contribution in [3.8, 4) is 0 Å². The monoisotopic (exact) mass is 100 g/mol. The molecule has 1 heteroatoms. The molecule has 0 N–H and O–H groups in total.